The number of nitrogens with zero attached hydrogens (tertiary/aromatic N) is 1. The third-order valence-corrected chi connectivity index (χ3v) is 3.19. The number of hydrogen-bond acceptors (Lipinski definition) is 2. The Morgan fingerprint density at radius 2 is 1.95 bits per heavy atom. The van der Waals surface area contributed by atoms with Gasteiger partial charge in [-0.05, 0) is 33.3 Å². The molecule has 1 N–H and O–H groups in total. The average molecular weight is 267 g/mol. The molecule has 0 aliphatic heterocycles. The highest BCUT2D eigenvalue weighted by Gasteiger charge is 2.31. The lowest BCUT2D eigenvalue weighted by molar-refractivity contribution is -0.140. The highest BCUT2D eigenvalue weighted by molar-refractivity contribution is 5.69. The summed E-state index contributed by atoms with van der Waals surface area (Å²) in [5, 5.41) is 9.07. The van der Waals surface area contributed by atoms with Crippen LogP contribution in [0.5, 0.6) is 0 Å². The summed E-state index contributed by atoms with van der Waals surface area (Å²) >= 11 is 0. The SMILES string of the molecule is CCC(c1ccccc1F)N(CC(=O)O)C(C)(C)C. The van der Waals surface area contributed by atoms with E-state index in [-0.39, 0.29) is 23.9 Å². The van der Waals surface area contributed by atoms with Crippen LogP contribution in [0, 0.1) is 5.82 Å². The maximum absolute atomic E-state index is 13.9. The Kier molecular flexibility index (Phi) is 5.06. The quantitative estimate of drug-likeness (QED) is 0.888. The van der Waals surface area contributed by atoms with Crippen LogP contribution in [-0.4, -0.2) is 28.1 Å². The molecule has 1 aromatic rings. The first-order valence-electron chi connectivity index (χ1n) is 6.50. The summed E-state index contributed by atoms with van der Waals surface area (Å²) < 4.78 is 13.9. The molecule has 0 aromatic heterocycles. The van der Waals surface area contributed by atoms with Crippen molar-refractivity contribution in [3.05, 3.63) is 35.6 Å². The molecule has 1 aromatic carbocycles. The van der Waals surface area contributed by atoms with E-state index in [0.717, 1.165) is 0 Å². The van der Waals surface area contributed by atoms with Gasteiger partial charge in [-0.15, -0.1) is 0 Å². The first-order valence-corrected chi connectivity index (χ1v) is 6.50. The Morgan fingerprint density at radius 3 is 2.37 bits per heavy atom. The van der Waals surface area contributed by atoms with Crippen molar-refractivity contribution in [2.24, 2.45) is 0 Å². The van der Waals surface area contributed by atoms with E-state index in [2.05, 4.69) is 0 Å². The molecule has 1 rings (SSSR count). The van der Waals surface area contributed by atoms with E-state index in [1.54, 1.807) is 18.2 Å². The van der Waals surface area contributed by atoms with Crippen molar-refractivity contribution >= 4 is 5.97 Å². The molecule has 0 aliphatic carbocycles. The number of halogens is 1. The molecule has 1 atom stereocenters. The molecule has 0 amide bonds. The zero-order valence-corrected chi connectivity index (χ0v) is 12.0. The Balaban J connectivity index is 3.17. The summed E-state index contributed by atoms with van der Waals surface area (Å²) in [5.74, 6) is -1.18. The molecule has 0 heterocycles. The first kappa shape index (κ1) is 15.6. The fraction of sp³-hybridized carbons (Fsp3) is 0.533. The molecule has 0 saturated carbocycles. The minimum Gasteiger partial charge on any atom is -0.480 e. The van der Waals surface area contributed by atoms with Crippen LogP contribution in [0.1, 0.15) is 45.7 Å². The predicted octanol–water partition coefficient (Wildman–Crippen LogP) is 3.46. The van der Waals surface area contributed by atoms with Gasteiger partial charge < -0.3 is 5.11 Å². The molecule has 0 spiro atoms. The van der Waals surface area contributed by atoms with E-state index in [9.17, 15) is 9.18 Å². The van der Waals surface area contributed by atoms with E-state index in [1.165, 1.54) is 6.07 Å². The van der Waals surface area contributed by atoms with Crippen LogP contribution in [0.4, 0.5) is 4.39 Å². The normalized spacial score (nSPS) is 13.6. The minimum absolute atomic E-state index is 0.101. The summed E-state index contributed by atoms with van der Waals surface area (Å²) in [6.45, 7) is 7.67. The topological polar surface area (TPSA) is 40.5 Å². The highest BCUT2D eigenvalue weighted by Crippen LogP contribution is 2.31. The molecule has 0 radical (unpaired) electrons. The number of carbonyl (C=O) groups is 1. The number of rotatable bonds is 5. The van der Waals surface area contributed by atoms with Gasteiger partial charge in [0.05, 0.1) is 6.54 Å². The van der Waals surface area contributed by atoms with Crippen LogP contribution in [-0.2, 0) is 4.79 Å². The summed E-state index contributed by atoms with van der Waals surface area (Å²) in [4.78, 5) is 12.9. The summed E-state index contributed by atoms with van der Waals surface area (Å²) in [5.41, 5.74) is 0.211. The van der Waals surface area contributed by atoms with Crippen LogP contribution in [0.15, 0.2) is 24.3 Å². The largest absolute Gasteiger partial charge is 0.480 e. The maximum atomic E-state index is 13.9. The molecule has 0 fully saturated rings. The molecule has 19 heavy (non-hydrogen) atoms. The number of aliphatic carboxylic acids is 1. The molecule has 4 heteroatoms. The van der Waals surface area contributed by atoms with Crippen LogP contribution >= 0.6 is 0 Å². The van der Waals surface area contributed by atoms with Gasteiger partial charge in [-0.25, -0.2) is 4.39 Å². The third kappa shape index (κ3) is 4.03. The third-order valence-electron chi connectivity index (χ3n) is 3.19. The lowest BCUT2D eigenvalue weighted by Crippen LogP contribution is -2.46. The smallest absolute Gasteiger partial charge is 0.317 e. The van der Waals surface area contributed by atoms with Gasteiger partial charge in [0.25, 0.3) is 0 Å². The second-order valence-electron chi connectivity index (χ2n) is 5.64. The molecule has 1 unspecified atom stereocenters. The number of benzene rings is 1. The standard InChI is InChI=1S/C15H22FNO2/c1-5-13(11-8-6-7-9-12(11)16)17(10-14(18)19)15(2,3)4/h6-9,13H,5,10H2,1-4H3,(H,18,19). The van der Waals surface area contributed by atoms with Crippen molar-refractivity contribution in [3.8, 4) is 0 Å². The minimum atomic E-state index is -0.898. The molecular weight excluding hydrogens is 245 g/mol. The second kappa shape index (κ2) is 6.15. The summed E-state index contributed by atoms with van der Waals surface area (Å²) in [6.07, 6.45) is 0.658. The molecule has 0 saturated heterocycles. The van der Waals surface area contributed by atoms with E-state index in [1.807, 2.05) is 32.6 Å². The summed E-state index contributed by atoms with van der Waals surface area (Å²) in [6, 6.07) is 6.33. The van der Waals surface area contributed by atoms with Gasteiger partial charge in [-0.1, -0.05) is 25.1 Å². The molecule has 106 valence electrons. The van der Waals surface area contributed by atoms with E-state index in [0.29, 0.717) is 12.0 Å². The molecule has 0 bridgehead atoms. The van der Waals surface area contributed by atoms with E-state index >= 15 is 0 Å². The summed E-state index contributed by atoms with van der Waals surface area (Å²) in [7, 11) is 0. The Hall–Kier alpha value is -1.42. The van der Waals surface area contributed by atoms with Crippen molar-refractivity contribution in [1.82, 2.24) is 4.90 Å². The zero-order chi connectivity index (χ0) is 14.6. The number of carboxylic acids is 1. The number of hydrogen-bond donors (Lipinski definition) is 1. The monoisotopic (exact) mass is 267 g/mol. The van der Waals surface area contributed by atoms with Crippen molar-refractivity contribution in [1.29, 1.82) is 0 Å². The van der Waals surface area contributed by atoms with Crippen molar-refractivity contribution in [3.63, 3.8) is 0 Å². The van der Waals surface area contributed by atoms with Crippen LogP contribution in [0.3, 0.4) is 0 Å². The van der Waals surface area contributed by atoms with Crippen molar-refractivity contribution in [2.45, 2.75) is 45.7 Å². The van der Waals surface area contributed by atoms with Crippen LogP contribution in [0.2, 0.25) is 0 Å². The van der Waals surface area contributed by atoms with Crippen molar-refractivity contribution in [2.75, 3.05) is 6.54 Å². The highest BCUT2D eigenvalue weighted by atomic mass is 19.1. The zero-order valence-electron chi connectivity index (χ0n) is 12.0. The van der Waals surface area contributed by atoms with E-state index in [4.69, 9.17) is 5.11 Å². The molecule has 3 nitrogen and oxygen atoms in total. The van der Waals surface area contributed by atoms with Gasteiger partial charge in [-0.2, -0.15) is 0 Å². The second-order valence-corrected chi connectivity index (χ2v) is 5.64. The fourth-order valence-corrected chi connectivity index (χ4v) is 2.31. The predicted molar refractivity (Wildman–Crippen MR) is 73.5 cm³/mol. The van der Waals surface area contributed by atoms with Gasteiger partial charge in [0.1, 0.15) is 5.82 Å². The van der Waals surface area contributed by atoms with Crippen LogP contribution in [0.25, 0.3) is 0 Å². The average Bonchev–Trinajstić information content (AvgIpc) is 2.29. The lowest BCUT2D eigenvalue weighted by Gasteiger charge is -2.40. The van der Waals surface area contributed by atoms with Gasteiger partial charge in [0.15, 0.2) is 0 Å². The van der Waals surface area contributed by atoms with Gasteiger partial charge >= 0.3 is 5.97 Å². The van der Waals surface area contributed by atoms with Crippen LogP contribution < -0.4 is 0 Å². The first-order chi connectivity index (χ1) is 8.77. The molecular formula is C15H22FNO2. The lowest BCUT2D eigenvalue weighted by atomic mass is 9.95. The Bertz CT molecular complexity index is 440. The van der Waals surface area contributed by atoms with Gasteiger partial charge in [0.2, 0.25) is 0 Å². The number of carboxylic acid groups (broad SMARTS) is 1. The Labute approximate surface area is 114 Å². The van der Waals surface area contributed by atoms with Crippen molar-refractivity contribution < 1.29 is 14.3 Å². The Morgan fingerprint density at radius 1 is 1.37 bits per heavy atom. The fourth-order valence-electron chi connectivity index (χ4n) is 2.31. The van der Waals surface area contributed by atoms with Gasteiger partial charge in [-0.3, -0.25) is 9.69 Å². The maximum Gasteiger partial charge on any atom is 0.317 e. The van der Waals surface area contributed by atoms with Gasteiger partial charge in [0, 0.05) is 17.1 Å². The molecule has 0 aliphatic rings. The van der Waals surface area contributed by atoms with E-state index < -0.39 is 5.97 Å².